The molecule has 0 saturated heterocycles. The van der Waals surface area contributed by atoms with E-state index < -0.39 is 17.6 Å². The van der Waals surface area contributed by atoms with Gasteiger partial charge in [-0.15, -0.1) is 0 Å². The smallest absolute Gasteiger partial charge is 0.250 e. The average molecular weight is 305 g/mol. The average Bonchev–Trinajstić information content (AvgIpc) is 3.00. The van der Waals surface area contributed by atoms with Crippen LogP contribution in [-0.2, 0) is 4.79 Å². The summed E-state index contributed by atoms with van der Waals surface area (Å²) in [6, 6.07) is 12.0. The van der Waals surface area contributed by atoms with Crippen molar-refractivity contribution in [3.8, 4) is 6.07 Å². The Bertz CT molecular complexity index is 878. The molecule has 0 bridgehead atoms. The molecular formula is C16H11N5O2. The summed E-state index contributed by atoms with van der Waals surface area (Å²) in [6.07, 6.45) is 4.73. The molecule has 112 valence electrons. The van der Waals surface area contributed by atoms with E-state index in [0.29, 0.717) is 5.65 Å². The molecule has 23 heavy (non-hydrogen) atoms. The van der Waals surface area contributed by atoms with E-state index >= 15 is 0 Å². The van der Waals surface area contributed by atoms with Crippen molar-refractivity contribution in [1.82, 2.24) is 14.4 Å². The van der Waals surface area contributed by atoms with E-state index in [1.165, 1.54) is 12.4 Å². The normalized spacial score (nSPS) is 11.6. The van der Waals surface area contributed by atoms with E-state index in [1.54, 1.807) is 53.1 Å². The van der Waals surface area contributed by atoms with Gasteiger partial charge in [0.2, 0.25) is 5.78 Å². The molecule has 0 fully saturated rings. The standard InChI is InChI=1S/C16H11N5O2/c17-9-11(16(23)20-13-5-1-3-7-18-13)15(22)12-10-21-8-4-2-6-14(21)19-12/h1-8,10-11H,(H,18,20,23)/t11-/m0/s1. The summed E-state index contributed by atoms with van der Waals surface area (Å²) in [6.45, 7) is 0. The van der Waals surface area contributed by atoms with Crippen LogP contribution < -0.4 is 5.32 Å². The van der Waals surface area contributed by atoms with Crippen LogP contribution in [0.5, 0.6) is 0 Å². The Hall–Kier alpha value is -3.53. The third kappa shape index (κ3) is 2.91. The van der Waals surface area contributed by atoms with Crippen LogP contribution in [-0.4, -0.2) is 26.1 Å². The maximum Gasteiger partial charge on any atom is 0.250 e. The lowest BCUT2D eigenvalue weighted by Gasteiger charge is -2.07. The number of carbonyl (C=O) groups is 2. The zero-order valence-electron chi connectivity index (χ0n) is 11.9. The molecule has 0 aliphatic rings. The van der Waals surface area contributed by atoms with Gasteiger partial charge in [-0.25, -0.2) is 9.97 Å². The van der Waals surface area contributed by atoms with Gasteiger partial charge in [0.05, 0.1) is 6.07 Å². The van der Waals surface area contributed by atoms with Crippen molar-refractivity contribution in [2.75, 3.05) is 5.32 Å². The molecule has 0 unspecified atom stereocenters. The molecule has 0 radical (unpaired) electrons. The van der Waals surface area contributed by atoms with E-state index in [0.717, 1.165) is 0 Å². The lowest BCUT2D eigenvalue weighted by Crippen LogP contribution is -2.29. The minimum absolute atomic E-state index is 0.0684. The van der Waals surface area contributed by atoms with Gasteiger partial charge in [-0.05, 0) is 24.3 Å². The highest BCUT2D eigenvalue weighted by molar-refractivity contribution is 6.14. The van der Waals surface area contributed by atoms with Gasteiger partial charge in [-0.3, -0.25) is 9.59 Å². The number of nitrogens with zero attached hydrogens (tertiary/aromatic N) is 4. The molecule has 7 nitrogen and oxygen atoms in total. The molecule has 7 heteroatoms. The Labute approximate surface area is 131 Å². The SMILES string of the molecule is N#C[C@H](C(=O)Nc1ccccn1)C(=O)c1cn2ccccc2n1. The predicted molar refractivity (Wildman–Crippen MR) is 81.5 cm³/mol. The molecule has 1 amide bonds. The van der Waals surface area contributed by atoms with Crippen LogP contribution in [0.25, 0.3) is 5.65 Å². The number of nitriles is 1. The first kappa shape index (κ1) is 14.4. The van der Waals surface area contributed by atoms with Crippen LogP contribution >= 0.6 is 0 Å². The lowest BCUT2D eigenvalue weighted by atomic mass is 10.0. The second-order valence-electron chi connectivity index (χ2n) is 4.72. The first-order chi connectivity index (χ1) is 11.2. The molecule has 3 aromatic rings. The zero-order valence-corrected chi connectivity index (χ0v) is 11.9. The summed E-state index contributed by atoms with van der Waals surface area (Å²) in [7, 11) is 0. The van der Waals surface area contributed by atoms with Gasteiger partial charge >= 0.3 is 0 Å². The van der Waals surface area contributed by atoms with Gasteiger partial charge < -0.3 is 9.72 Å². The van der Waals surface area contributed by atoms with Gasteiger partial charge in [0, 0.05) is 18.6 Å². The molecule has 1 atom stereocenters. The monoisotopic (exact) mass is 305 g/mol. The maximum absolute atomic E-state index is 12.4. The van der Waals surface area contributed by atoms with Crippen LogP contribution in [0, 0.1) is 17.2 Å². The fraction of sp³-hybridized carbons (Fsp3) is 0.0625. The number of fused-ring (bicyclic) bond motifs is 1. The third-order valence-electron chi connectivity index (χ3n) is 3.19. The van der Waals surface area contributed by atoms with Crippen molar-refractivity contribution in [2.45, 2.75) is 0 Å². The summed E-state index contributed by atoms with van der Waals surface area (Å²) in [5, 5.41) is 11.6. The Morgan fingerprint density at radius 3 is 2.74 bits per heavy atom. The second-order valence-corrected chi connectivity index (χ2v) is 4.72. The van der Waals surface area contributed by atoms with Crippen LogP contribution in [0.3, 0.4) is 0 Å². The molecule has 3 rings (SSSR count). The Morgan fingerprint density at radius 2 is 2.04 bits per heavy atom. The van der Waals surface area contributed by atoms with Crippen molar-refractivity contribution in [3.05, 3.63) is 60.7 Å². The van der Waals surface area contributed by atoms with Crippen LogP contribution in [0.2, 0.25) is 0 Å². The van der Waals surface area contributed by atoms with E-state index in [-0.39, 0.29) is 11.5 Å². The second kappa shape index (κ2) is 6.07. The number of ketones is 1. The number of pyridine rings is 2. The van der Waals surface area contributed by atoms with Crippen molar-refractivity contribution in [2.24, 2.45) is 5.92 Å². The molecule has 1 N–H and O–H groups in total. The van der Waals surface area contributed by atoms with E-state index in [9.17, 15) is 14.9 Å². The lowest BCUT2D eigenvalue weighted by molar-refractivity contribution is -0.117. The Kier molecular flexibility index (Phi) is 3.80. The molecule has 3 aromatic heterocycles. The summed E-state index contributed by atoms with van der Waals surface area (Å²) in [5.41, 5.74) is 0.636. The quantitative estimate of drug-likeness (QED) is 0.584. The Morgan fingerprint density at radius 1 is 1.22 bits per heavy atom. The molecular weight excluding hydrogens is 294 g/mol. The molecule has 0 aromatic carbocycles. The molecule has 0 spiro atoms. The molecule has 0 aliphatic carbocycles. The van der Waals surface area contributed by atoms with Gasteiger partial charge in [0.25, 0.3) is 5.91 Å². The number of hydrogen-bond donors (Lipinski definition) is 1. The highest BCUT2D eigenvalue weighted by Crippen LogP contribution is 2.12. The first-order valence-electron chi connectivity index (χ1n) is 6.78. The number of nitrogens with one attached hydrogen (secondary N) is 1. The minimum Gasteiger partial charge on any atom is -0.309 e. The fourth-order valence-corrected chi connectivity index (χ4v) is 2.07. The molecule has 3 heterocycles. The summed E-state index contributed by atoms with van der Waals surface area (Å²) in [4.78, 5) is 32.6. The summed E-state index contributed by atoms with van der Waals surface area (Å²) >= 11 is 0. The van der Waals surface area contributed by atoms with E-state index in [1.807, 2.05) is 0 Å². The summed E-state index contributed by atoms with van der Waals surface area (Å²) < 4.78 is 1.65. The maximum atomic E-state index is 12.4. The number of amides is 1. The zero-order chi connectivity index (χ0) is 16.2. The number of rotatable bonds is 4. The van der Waals surface area contributed by atoms with Gasteiger partial charge in [0.1, 0.15) is 17.2 Å². The van der Waals surface area contributed by atoms with Crippen molar-refractivity contribution in [1.29, 1.82) is 5.26 Å². The van der Waals surface area contributed by atoms with Gasteiger partial charge in [0.15, 0.2) is 5.92 Å². The molecule has 0 aliphatic heterocycles. The highest BCUT2D eigenvalue weighted by atomic mass is 16.2. The number of aromatic nitrogens is 3. The fourth-order valence-electron chi connectivity index (χ4n) is 2.07. The summed E-state index contributed by atoms with van der Waals surface area (Å²) in [5.74, 6) is -2.58. The molecule has 0 saturated carbocycles. The number of imidazole rings is 1. The number of Topliss-reactive ketones (excluding diaryl/α,β-unsaturated/α-hetero) is 1. The number of anilines is 1. The van der Waals surface area contributed by atoms with Crippen LogP contribution in [0.4, 0.5) is 5.82 Å². The topological polar surface area (TPSA) is 100 Å². The Balaban J connectivity index is 1.83. The van der Waals surface area contributed by atoms with E-state index in [4.69, 9.17) is 0 Å². The largest absolute Gasteiger partial charge is 0.309 e. The van der Waals surface area contributed by atoms with Crippen LogP contribution in [0.1, 0.15) is 10.5 Å². The highest BCUT2D eigenvalue weighted by Gasteiger charge is 2.29. The van der Waals surface area contributed by atoms with E-state index in [2.05, 4.69) is 15.3 Å². The number of carbonyl (C=O) groups excluding carboxylic acids is 2. The van der Waals surface area contributed by atoms with Gasteiger partial charge in [-0.2, -0.15) is 5.26 Å². The predicted octanol–water partition coefficient (Wildman–Crippen LogP) is 1.69. The third-order valence-corrected chi connectivity index (χ3v) is 3.19. The minimum atomic E-state index is -1.48. The van der Waals surface area contributed by atoms with Crippen molar-refractivity contribution < 1.29 is 9.59 Å². The van der Waals surface area contributed by atoms with Crippen molar-refractivity contribution >= 4 is 23.2 Å². The first-order valence-corrected chi connectivity index (χ1v) is 6.78. The van der Waals surface area contributed by atoms with Gasteiger partial charge in [-0.1, -0.05) is 12.1 Å². The van der Waals surface area contributed by atoms with Crippen molar-refractivity contribution in [3.63, 3.8) is 0 Å². The number of hydrogen-bond acceptors (Lipinski definition) is 5. The van der Waals surface area contributed by atoms with Crippen LogP contribution in [0.15, 0.2) is 55.0 Å².